The Labute approximate surface area is 97.6 Å². The van der Waals surface area contributed by atoms with E-state index in [1.165, 1.54) is 0 Å². The standard InChI is InChI=1S/C10H13N5O2/c1-5-8(6(2)17-15-5)4-11-10(16)9-12-7(3)13-14-9/h4H2,1-3H3,(H,11,16)(H,12,13,14). The predicted octanol–water partition coefficient (Wildman–Crippen LogP) is 0.648. The number of nitrogens with zero attached hydrogens (tertiary/aromatic N) is 3. The molecule has 17 heavy (non-hydrogen) atoms. The Balaban J connectivity index is 2.02. The van der Waals surface area contributed by atoms with Crippen LogP contribution in [0, 0.1) is 20.8 Å². The van der Waals surface area contributed by atoms with Crippen molar-refractivity contribution in [3.05, 3.63) is 28.7 Å². The van der Waals surface area contributed by atoms with Crippen LogP contribution in [0.2, 0.25) is 0 Å². The molecule has 0 radical (unpaired) electrons. The molecule has 0 unspecified atom stereocenters. The SMILES string of the molecule is Cc1nc(C(=O)NCc2c(C)noc2C)n[nH]1. The first-order chi connectivity index (χ1) is 8.08. The molecule has 0 fully saturated rings. The summed E-state index contributed by atoms with van der Waals surface area (Å²) in [6.07, 6.45) is 0. The molecule has 2 heterocycles. The number of aromatic amines is 1. The second-order valence-electron chi connectivity index (χ2n) is 3.73. The van der Waals surface area contributed by atoms with E-state index < -0.39 is 0 Å². The van der Waals surface area contributed by atoms with Gasteiger partial charge in [0.25, 0.3) is 5.91 Å². The minimum absolute atomic E-state index is 0.134. The number of carbonyl (C=O) groups is 1. The van der Waals surface area contributed by atoms with E-state index in [2.05, 4.69) is 25.7 Å². The minimum Gasteiger partial charge on any atom is -0.361 e. The van der Waals surface area contributed by atoms with Crippen LogP contribution in [0.1, 0.15) is 33.5 Å². The Bertz CT molecular complexity index is 523. The number of H-pyrrole nitrogens is 1. The number of hydrogen-bond donors (Lipinski definition) is 2. The highest BCUT2D eigenvalue weighted by Crippen LogP contribution is 2.11. The molecule has 2 aromatic rings. The maximum absolute atomic E-state index is 11.7. The molecule has 2 rings (SSSR count). The van der Waals surface area contributed by atoms with E-state index in [0.29, 0.717) is 18.1 Å². The fourth-order valence-electron chi connectivity index (χ4n) is 1.45. The Hall–Kier alpha value is -2.18. The zero-order chi connectivity index (χ0) is 12.4. The zero-order valence-corrected chi connectivity index (χ0v) is 9.87. The van der Waals surface area contributed by atoms with E-state index in [0.717, 1.165) is 11.3 Å². The fraction of sp³-hybridized carbons (Fsp3) is 0.400. The summed E-state index contributed by atoms with van der Waals surface area (Å²) in [5.41, 5.74) is 1.65. The fourth-order valence-corrected chi connectivity index (χ4v) is 1.45. The van der Waals surface area contributed by atoms with Gasteiger partial charge in [-0.1, -0.05) is 5.16 Å². The van der Waals surface area contributed by atoms with Gasteiger partial charge in [-0.05, 0) is 20.8 Å². The third-order valence-electron chi connectivity index (χ3n) is 2.41. The summed E-state index contributed by atoms with van der Waals surface area (Å²) in [5, 5.41) is 12.9. The van der Waals surface area contributed by atoms with Gasteiger partial charge in [0.15, 0.2) is 0 Å². The summed E-state index contributed by atoms with van der Waals surface area (Å²) >= 11 is 0. The van der Waals surface area contributed by atoms with E-state index >= 15 is 0 Å². The van der Waals surface area contributed by atoms with Crippen LogP contribution < -0.4 is 5.32 Å². The Morgan fingerprint density at radius 1 is 1.41 bits per heavy atom. The van der Waals surface area contributed by atoms with E-state index in [4.69, 9.17) is 4.52 Å². The summed E-state index contributed by atoms with van der Waals surface area (Å²) in [5.74, 6) is 1.12. The topological polar surface area (TPSA) is 96.7 Å². The molecule has 0 atom stereocenters. The van der Waals surface area contributed by atoms with Gasteiger partial charge in [-0.2, -0.15) is 0 Å². The molecule has 7 heteroatoms. The van der Waals surface area contributed by atoms with Gasteiger partial charge in [-0.25, -0.2) is 4.98 Å². The Kier molecular flexibility index (Phi) is 2.90. The lowest BCUT2D eigenvalue weighted by molar-refractivity contribution is 0.0940. The summed E-state index contributed by atoms with van der Waals surface area (Å²) in [6, 6.07) is 0. The van der Waals surface area contributed by atoms with Gasteiger partial charge in [-0.15, -0.1) is 5.10 Å². The first kappa shape index (κ1) is 11.3. The molecule has 0 saturated heterocycles. The Morgan fingerprint density at radius 2 is 2.18 bits per heavy atom. The molecule has 0 saturated carbocycles. The normalized spacial score (nSPS) is 10.5. The van der Waals surface area contributed by atoms with Crippen LogP contribution in [0.15, 0.2) is 4.52 Å². The van der Waals surface area contributed by atoms with Gasteiger partial charge in [0.2, 0.25) is 5.82 Å². The summed E-state index contributed by atoms with van der Waals surface area (Å²) in [6.45, 7) is 5.72. The monoisotopic (exact) mass is 235 g/mol. The number of aryl methyl sites for hydroxylation is 3. The third kappa shape index (κ3) is 2.32. The molecule has 1 amide bonds. The van der Waals surface area contributed by atoms with E-state index in [9.17, 15) is 4.79 Å². The van der Waals surface area contributed by atoms with Crippen molar-refractivity contribution in [1.82, 2.24) is 25.7 Å². The summed E-state index contributed by atoms with van der Waals surface area (Å²) < 4.78 is 5.00. The number of carbonyl (C=O) groups excluding carboxylic acids is 1. The number of nitrogens with one attached hydrogen (secondary N) is 2. The van der Waals surface area contributed by atoms with Crippen LogP contribution in [0.25, 0.3) is 0 Å². The number of aromatic nitrogens is 4. The van der Waals surface area contributed by atoms with Crippen LogP contribution in [0.4, 0.5) is 0 Å². The number of amides is 1. The molecule has 90 valence electrons. The predicted molar refractivity (Wildman–Crippen MR) is 58.3 cm³/mol. The maximum atomic E-state index is 11.7. The zero-order valence-electron chi connectivity index (χ0n) is 9.87. The highest BCUT2D eigenvalue weighted by Gasteiger charge is 2.14. The number of hydrogen-bond acceptors (Lipinski definition) is 5. The molecule has 0 aliphatic carbocycles. The largest absolute Gasteiger partial charge is 0.361 e. The molecule has 0 aromatic carbocycles. The van der Waals surface area contributed by atoms with Crippen LogP contribution in [-0.4, -0.2) is 26.2 Å². The van der Waals surface area contributed by atoms with Crippen LogP contribution in [0.5, 0.6) is 0 Å². The van der Waals surface area contributed by atoms with Crippen molar-refractivity contribution in [2.24, 2.45) is 0 Å². The average Bonchev–Trinajstić information content (AvgIpc) is 2.84. The van der Waals surface area contributed by atoms with E-state index in [1.54, 1.807) is 13.8 Å². The second-order valence-corrected chi connectivity index (χ2v) is 3.73. The minimum atomic E-state index is -0.325. The smallest absolute Gasteiger partial charge is 0.291 e. The highest BCUT2D eigenvalue weighted by atomic mass is 16.5. The van der Waals surface area contributed by atoms with Gasteiger partial charge in [0, 0.05) is 12.1 Å². The van der Waals surface area contributed by atoms with Gasteiger partial charge in [0.05, 0.1) is 5.69 Å². The molecule has 0 bridgehead atoms. The average molecular weight is 235 g/mol. The maximum Gasteiger partial charge on any atom is 0.291 e. The number of rotatable bonds is 3. The second kappa shape index (κ2) is 4.36. The first-order valence-electron chi connectivity index (χ1n) is 5.17. The van der Waals surface area contributed by atoms with Gasteiger partial charge in [0.1, 0.15) is 11.6 Å². The van der Waals surface area contributed by atoms with Crippen molar-refractivity contribution in [3.8, 4) is 0 Å². The summed E-state index contributed by atoms with van der Waals surface area (Å²) in [7, 11) is 0. The van der Waals surface area contributed by atoms with Gasteiger partial charge in [-0.3, -0.25) is 9.89 Å². The van der Waals surface area contributed by atoms with Crippen molar-refractivity contribution in [2.45, 2.75) is 27.3 Å². The van der Waals surface area contributed by atoms with Crippen LogP contribution in [0.3, 0.4) is 0 Å². The van der Waals surface area contributed by atoms with E-state index in [1.807, 2.05) is 6.92 Å². The van der Waals surface area contributed by atoms with Gasteiger partial charge < -0.3 is 9.84 Å². The van der Waals surface area contributed by atoms with E-state index in [-0.39, 0.29) is 11.7 Å². The molecule has 2 N–H and O–H groups in total. The lowest BCUT2D eigenvalue weighted by Crippen LogP contribution is -2.24. The highest BCUT2D eigenvalue weighted by molar-refractivity contribution is 5.90. The van der Waals surface area contributed by atoms with Crippen molar-refractivity contribution in [3.63, 3.8) is 0 Å². The van der Waals surface area contributed by atoms with Crippen molar-refractivity contribution < 1.29 is 9.32 Å². The van der Waals surface area contributed by atoms with Crippen LogP contribution >= 0.6 is 0 Å². The molecule has 0 aliphatic rings. The van der Waals surface area contributed by atoms with Crippen molar-refractivity contribution >= 4 is 5.91 Å². The molecule has 0 spiro atoms. The van der Waals surface area contributed by atoms with Gasteiger partial charge >= 0.3 is 0 Å². The molecular formula is C10H13N5O2. The molecule has 0 aliphatic heterocycles. The third-order valence-corrected chi connectivity index (χ3v) is 2.41. The first-order valence-corrected chi connectivity index (χ1v) is 5.17. The van der Waals surface area contributed by atoms with Crippen molar-refractivity contribution in [1.29, 1.82) is 0 Å². The molecule has 7 nitrogen and oxygen atoms in total. The Morgan fingerprint density at radius 3 is 2.71 bits per heavy atom. The van der Waals surface area contributed by atoms with Crippen LogP contribution in [-0.2, 0) is 6.54 Å². The van der Waals surface area contributed by atoms with Crippen molar-refractivity contribution in [2.75, 3.05) is 0 Å². The lowest BCUT2D eigenvalue weighted by atomic mass is 10.2. The molecular weight excluding hydrogens is 222 g/mol. The quantitative estimate of drug-likeness (QED) is 0.814. The molecule has 2 aromatic heterocycles. The lowest BCUT2D eigenvalue weighted by Gasteiger charge is -2.01. The summed E-state index contributed by atoms with van der Waals surface area (Å²) in [4.78, 5) is 15.6.